The molecule has 6 atom stereocenters. The lowest BCUT2D eigenvalue weighted by Crippen LogP contribution is -2.50. The Balaban J connectivity index is 1.37. The third-order valence-corrected chi connectivity index (χ3v) is 9.07. The second-order valence-electron chi connectivity index (χ2n) is 10.5. The molecule has 0 amide bonds. The molecule has 0 unspecified atom stereocenters. The van der Waals surface area contributed by atoms with Gasteiger partial charge in [-0.25, -0.2) is 4.39 Å². The maximum Gasteiger partial charge on any atom is 0.123 e. The Hall–Kier alpha value is -1.81. The molecule has 0 aromatic heterocycles. The zero-order chi connectivity index (χ0) is 20.9. The number of benzene rings is 1. The number of aliphatic hydroxyl groups is 1. The van der Waals surface area contributed by atoms with Crippen LogP contribution < -0.4 is 0 Å². The van der Waals surface area contributed by atoms with E-state index in [1.807, 2.05) is 0 Å². The van der Waals surface area contributed by atoms with Gasteiger partial charge in [0.05, 0.1) is 12.3 Å². The average Bonchev–Trinajstić information content (AvgIpc) is 3.06. The first kappa shape index (κ1) is 20.1. The lowest BCUT2D eigenvalue weighted by Gasteiger charge is -2.57. The number of halogens is 1. The van der Waals surface area contributed by atoms with E-state index in [0.717, 1.165) is 49.5 Å². The van der Waals surface area contributed by atoms with Crippen molar-refractivity contribution in [3.05, 3.63) is 47.3 Å². The van der Waals surface area contributed by atoms with E-state index in [-0.39, 0.29) is 22.8 Å². The molecule has 1 aromatic carbocycles. The molecule has 1 N–H and O–H groups in total. The molecule has 30 heavy (non-hydrogen) atoms. The standard InChI is InChI=1S/C26H33FN2O/c1-25-13-11-20(30)15-18(25)5-8-21-22-9-10-24(26(22,2)14-12-23(21)25)29-28-16-17-3-6-19(27)7-4-17/h3-7,16,20-23,30H,8-15H2,1-2H3/b28-16-,29-24-/t20-,21-,22-,23-,25+,26-/m1/s1. The summed E-state index contributed by atoms with van der Waals surface area (Å²) in [5.41, 5.74) is 4.09. The molecule has 4 aliphatic rings. The highest BCUT2D eigenvalue weighted by Gasteiger charge is 2.57. The summed E-state index contributed by atoms with van der Waals surface area (Å²) in [6.07, 6.45) is 12.9. The minimum absolute atomic E-state index is 0.140. The lowest BCUT2D eigenvalue weighted by atomic mass is 9.48. The third-order valence-electron chi connectivity index (χ3n) is 9.07. The predicted molar refractivity (Wildman–Crippen MR) is 119 cm³/mol. The van der Waals surface area contributed by atoms with E-state index in [4.69, 9.17) is 0 Å². The fourth-order valence-corrected chi connectivity index (χ4v) is 7.31. The summed E-state index contributed by atoms with van der Waals surface area (Å²) in [7, 11) is 0. The summed E-state index contributed by atoms with van der Waals surface area (Å²) in [5, 5.41) is 19.2. The highest BCUT2D eigenvalue weighted by molar-refractivity contribution is 5.93. The molecule has 0 heterocycles. The van der Waals surface area contributed by atoms with Crippen molar-refractivity contribution >= 4 is 11.9 Å². The molecule has 0 saturated heterocycles. The Morgan fingerprint density at radius 1 is 1.03 bits per heavy atom. The van der Waals surface area contributed by atoms with Gasteiger partial charge in [0.1, 0.15) is 5.82 Å². The summed E-state index contributed by atoms with van der Waals surface area (Å²) in [5.74, 6) is 1.91. The van der Waals surface area contributed by atoms with Gasteiger partial charge >= 0.3 is 0 Å². The van der Waals surface area contributed by atoms with E-state index in [1.165, 1.54) is 42.7 Å². The monoisotopic (exact) mass is 408 g/mol. The number of hydrogen-bond donors (Lipinski definition) is 1. The smallest absolute Gasteiger partial charge is 0.123 e. The van der Waals surface area contributed by atoms with Crippen LogP contribution in [0.1, 0.15) is 70.8 Å². The van der Waals surface area contributed by atoms with Crippen LogP contribution in [0.3, 0.4) is 0 Å². The van der Waals surface area contributed by atoms with Gasteiger partial charge in [0.25, 0.3) is 0 Å². The first-order chi connectivity index (χ1) is 14.4. The minimum Gasteiger partial charge on any atom is -0.393 e. The van der Waals surface area contributed by atoms with Crippen molar-refractivity contribution < 1.29 is 9.50 Å². The van der Waals surface area contributed by atoms with Gasteiger partial charge in [-0.2, -0.15) is 10.2 Å². The van der Waals surface area contributed by atoms with E-state index < -0.39 is 0 Å². The van der Waals surface area contributed by atoms with Gasteiger partial charge < -0.3 is 5.11 Å². The maximum absolute atomic E-state index is 13.1. The summed E-state index contributed by atoms with van der Waals surface area (Å²) in [6.45, 7) is 4.89. The Bertz CT molecular complexity index is 904. The van der Waals surface area contributed by atoms with Crippen molar-refractivity contribution in [3.8, 4) is 0 Å². The third kappa shape index (κ3) is 3.19. The first-order valence-corrected chi connectivity index (χ1v) is 11.6. The number of hydrogen-bond acceptors (Lipinski definition) is 3. The second-order valence-corrected chi connectivity index (χ2v) is 10.5. The van der Waals surface area contributed by atoms with Gasteiger partial charge in [-0.05, 0) is 92.2 Å². The van der Waals surface area contributed by atoms with Crippen molar-refractivity contribution in [1.82, 2.24) is 0 Å². The molecule has 1 aromatic rings. The van der Waals surface area contributed by atoms with Crippen LogP contribution in [0.2, 0.25) is 0 Å². The van der Waals surface area contributed by atoms with E-state index >= 15 is 0 Å². The molecule has 0 bridgehead atoms. The van der Waals surface area contributed by atoms with E-state index in [2.05, 4.69) is 30.1 Å². The van der Waals surface area contributed by atoms with Gasteiger partial charge in [0.15, 0.2) is 0 Å². The van der Waals surface area contributed by atoms with Crippen LogP contribution >= 0.6 is 0 Å². The van der Waals surface area contributed by atoms with Crippen LogP contribution in [0.4, 0.5) is 4.39 Å². The molecule has 0 radical (unpaired) electrons. The highest BCUT2D eigenvalue weighted by Crippen LogP contribution is 2.64. The molecule has 5 rings (SSSR count). The molecular weight excluding hydrogens is 375 g/mol. The molecule has 0 spiro atoms. The summed E-state index contributed by atoms with van der Waals surface area (Å²) in [6, 6.07) is 6.38. The summed E-state index contributed by atoms with van der Waals surface area (Å²) in [4.78, 5) is 0. The maximum atomic E-state index is 13.1. The Kier molecular flexibility index (Phi) is 4.96. The van der Waals surface area contributed by atoms with Crippen molar-refractivity contribution in [1.29, 1.82) is 0 Å². The van der Waals surface area contributed by atoms with Crippen molar-refractivity contribution in [3.63, 3.8) is 0 Å². The van der Waals surface area contributed by atoms with Crippen LogP contribution in [0.25, 0.3) is 0 Å². The number of fused-ring (bicyclic) bond motifs is 5. The molecule has 3 saturated carbocycles. The Labute approximate surface area is 179 Å². The number of nitrogens with zero attached hydrogens (tertiary/aromatic N) is 2. The highest BCUT2D eigenvalue weighted by atomic mass is 19.1. The van der Waals surface area contributed by atoms with Crippen LogP contribution in [-0.4, -0.2) is 23.1 Å². The quantitative estimate of drug-likeness (QED) is 0.368. The van der Waals surface area contributed by atoms with Crippen molar-refractivity contribution in [2.45, 2.75) is 71.3 Å². The van der Waals surface area contributed by atoms with E-state index in [9.17, 15) is 9.50 Å². The van der Waals surface area contributed by atoms with Crippen molar-refractivity contribution in [2.24, 2.45) is 38.8 Å². The molecule has 3 nitrogen and oxygen atoms in total. The fraction of sp³-hybridized carbons (Fsp3) is 0.615. The zero-order valence-electron chi connectivity index (χ0n) is 18.1. The van der Waals surface area contributed by atoms with Crippen molar-refractivity contribution in [2.75, 3.05) is 0 Å². The average molecular weight is 409 g/mol. The largest absolute Gasteiger partial charge is 0.393 e. The number of rotatable bonds is 2. The normalized spacial score (nSPS) is 42.0. The van der Waals surface area contributed by atoms with Gasteiger partial charge in [-0.1, -0.05) is 37.6 Å². The predicted octanol–water partition coefficient (Wildman–Crippen LogP) is 5.92. The van der Waals surface area contributed by atoms with Gasteiger partial charge in [0, 0.05) is 11.1 Å². The second kappa shape index (κ2) is 7.40. The summed E-state index contributed by atoms with van der Waals surface area (Å²) >= 11 is 0. The minimum atomic E-state index is -0.229. The zero-order valence-corrected chi connectivity index (χ0v) is 18.1. The van der Waals surface area contributed by atoms with E-state index in [0.29, 0.717) is 5.92 Å². The number of allylic oxidation sites excluding steroid dienone is 1. The van der Waals surface area contributed by atoms with Crippen LogP contribution in [0.5, 0.6) is 0 Å². The SMILES string of the molecule is C[C@]12CC[C@@H](O)CC1=CC[C@H]1[C@H]2CC[C@@]2(C)/C(=N\N=C/c3ccc(F)cc3)CC[C@H]12. The molecular formula is C26H33FN2O. The molecule has 0 aliphatic heterocycles. The van der Waals surface area contributed by atoms with Crippen LogP contribution in [-0.2, 0) is 0 Å². The fourth-order valence-electron chi connectivity index (χ4n) is 7.31. The summed E-state index contributed by atoms with van der Waals surface area (Å²) < 4.78 is 13.1. The molecule has 3 fully saturated rings. The van der Waals surface area contributed by atoms with E-state index in [1.54, 1.807) is 18.3 Å². The Morgan fingerprint density at radius 3 is 2.57 bits per heavy atom. The number of aliphatic hydroxyl groups excluding tert-OH is 1. The Morgan fingerprint density at radius 2 is 1.77 bits per heavy atom. The van der Waals surface area contributed by atoms with Crippen LogP contribution in [0.15, 0.2) is 46.1 Å². The van der Waals surface area contributed by atoms with Gasteiger partial charge in [0.2, 0.25) is 0 Å². The lowest BCUT2D eigenvalue weighted by molar-refractivity contribution is -0.0209. The first-order valence-electron chi connectivity index (χ1n) is 11.6. The molecule has 4 heteroatoms. The van der Waals surface area contributed by atoms with Crippen LogP contribution in [0, 0.1) is 34.4 Å². The molecule has 160 valence electrons. The van der Waals surface area contributed by atoms with Gasteiger partial charge in [-0.15, -0.1) is 0 Å². The topological polar surface area (TPSA) is 45.0 Å². The molecule has 4 aliphatic carbocycles. The van der Waals surface area contributed by atoms with Gasteiger partial charge in [-0.3, -0.25) is 0 Å².